The van der Waals surface area contributed by atoms with Crippen LogP contribution in [0.1, 0.15) is 53.6 Å². The first-order valence-electron chi connectivity index (χ1n) is 13.7. The van der Waals surface area contributed by atoms with E-state index in [1.807, 2.05) is 12.1 Å². The third-order valence-electron chi connectivity index (χ3n) is 8.13. The third kappa shape index (κ3) is 4.92. The van der Waals surface area contributed by atoms with E-state index in [2.05, 4.69) is 45.4 Å². The first-order valence-corrected chi connectivity index (χ1v) is 14.4. The Bertz CT molecular complexity index is 1360. The fourth-order valence-corrected chi connectivity index (χ4v) is 6.79. The highest BCUT2D eigenvalue weighted by molar-refractivity contribution is 7.13. The molecule has 198 valence electrons. The number of aromatic nitrogens is 1. The number of carbonyl (C=O) groups excluding carboxylic acids is 3. The number of fused-ring (bicyclic) bond motifs is 2. The van der Waals surface area contributed by atoms with Crippen LogP contribution < -0.4 is 10.2 Å². The van der Waals surface area contributed by atoms with E-state index < -0.39 is 6.04 Å². The molecule has 0 aliphatic carbocycles. The van der Waals surface area contributed by atoms with Crippen LogP contribution in [-0.2, 0) is 22.6 Å². The Kier molecular flexibility index (Phi) is 7.12. The maximum absolute atomic E-state index is 13.0. The summed E-state index contributed by atoms with van der Waals surface area (Å²) in [5, 5.41) is 3.64. The van der Waals surface area contributed by atoms with E-state index in [0.717, 1.165) is 69.8 Å². The molecule has 6 rings (SSSR count). The zero-order valence-electron chi connectivity index (χ0n) is 21.5. The molecule has 0 saturated carbocycles. The Balaban J connectivity index is 0.961. The number of unbranched alkanes of at least 4 members (excludes halogenated alkanes) is 2. The fraction of sp³-hybridized carbons (Fsp3) is 0.448. The lowest BCUT2D eigenvalue weighted by Crippen LogP contribution is -2.52. The zero-order chi connectivity index (χ0) is 26.1. The van der Waals surface area contributed by atoms with Crippen molar-refractivity contribution in [3.05, 3.63) is 59.2 Å². The first-order chi connectivity index (χ1) is 18.6. The summed E-state index contributed by atoms with van der Waals surface area (Å²) < 4.78 is 5.97. The van der Waals surface area contributed by atoms with Gasteiger partial charge in [0.25, 0.3) is 5.91 Å². The molecule has 2 aromatic carbocycles. The molecule has 0 radical (unpaired) electrons. The van der Waals surface area contributed by atoms with Crippen LogP contribution in [0.3, 0.4) is 0 Å². The Morgan fingerprint density at radius 3 is 2.63 bits per heavy atom. The number of hydrogen-bond donors (Lipinski definition) is 1. The summed E-state index contributed by atoms with van der Waals surface area (Å²) in [7, 11) is 0. The van der Waals surface area contributed by atoms with E-state index in [4.69, 9.17) is 4.37 Å². The Morgan fingerprint density at radius 1 is 0.947 bits per heavy atom. The maximum Gasteiger partial charge on any atom is 0.255 e. The largest absolute Gasteiger partial charge is 0.353 e. The van der Waals surface area contributed by atoms with Gasteiger partial charge in [0.1, 0.15) is 11.9 Å². The lowest BCUT2D eigenvalue weighted by atomic mass is 9.98. The Hall–Kier alpha value is -3.30. The highest BCUT2D eigenvalue weighted by atomic mass is 32.1. The average molecular weight is 532 g/mol. The summed E-state index contributed by atoms with van der Waals surface area (Å²) in [4.78, 5) is 43.5. The summed E-state index contributed by atoms with van der Waals surface area (Å²) in [5.41, 5.74) is 2.96. The summed E-state index contributed by atoms with van der Waals surface area (Å²) in [6.07, 6.45) is 4.99. The molecule has 3 aromatic rings. The highest BCUT2D eigenvalue weighted by Crippen LogP contribution is 2.31. The number of imide groups is 1. The van der Waals surface area contributed by atoms with Gasteiger partial charge in [-0.3, -0.25) is 24.6 Å². The number of piperazine rings is 1. The molecule has 4 heterocycles. The van der Waals surface area contributed by atoms with Crippen LogP contribution in [0.25, 0.3) is 10.1 Å². The van der Waals surface area contributed by atoms with Crippen LogP contribution >= 0.6 is 11.5 Å². The van der Waals surface area contributed by atoms with Crippen molar-refractivity contribution in [3.63, 3.8) is 0 Å². The SMILES string of the molecule is O=C1CCC(N2Cc3c(CCCCCN4CCN(c5nsc6ccccc56)CC4)cccc3C2=O)C(=O)N1. The summed E-state index contributed by atoms with van der Waals surface area (Å²) in [5.74, 6) is 0.423. The number of hydrogen-bond acceptors (Lipinski definition) is 7. The second-order valence-electron chi connectivity index (χ2n) is 10.5. The van der Waals surface area contributed by atoms with Gasteiger partial charge in [0.15, 0.2) is 0 Å². The van der Waals surface area contributed by atoms with Crippen LogP contribution in [0.5, 0.6) is 0 Å². The number of nitrogens with one attached hydrogen (secondary N) is 1. The van der Waals surface area contributed by atoms with Crippen molar-refractivity contribution < 1.29 is 14.4 Å². The van der Waals surface area contributed by atoms with Gasteiger partial charge >= 0.3 is 0 Å². The van der Waals surface area contributed by atoms with Gasteiger partial charge in [0.05, 0.1) is 4.70 Å². The minimum Gasteiger partial charge on any atom is -0.353 e. The smallest absolute Gasteiger partial charge is 0.255 e. The number of piperidine rings is 1. The summed E-state index contributed by atoms with van der Waals surface area (Å²) >= 11 is 1.58. The van der Waals surface area contributed by atoms with Gasteiger partial charge in [0, 0.05) is 50.1 Å². The first kappa shape index (κ1) is 25.0. The predicted molar refractivity (Wildman–Crippen MR) is 148 cm³/mol. The number of nitrogens with zero attached hydrogens (tertiary/aromatic N) is 4. The van der Waals surface area contributed by atoms with Crippen molar-refractivity contribution in [3.8, 4) is 0 Å². The minimum absolute atomic E-state index is 0.0962. The molecule has 2 fully saturated rings. The topological polar surface area (TPSA) is 85.9 Å². The zero-order valence-corrected chi connectivity index (χ0v) is 22.3. The monoisotopic (exact) mass is 531 g/mol. The number of rotatable bonds is 8. The molecule has 3 aliphatic heterocycles. The van der Waals surface area contributed by atoms with Crippen LogP contribution in [0.15, 0.2) is 42.5 Å². The lowest BCUT2D eigenvalue weighted by Gasteiger charge is -2.35. The molecule has 1 aromatic heterocycles. The van der Waals surface area contributed by atoms with Gasteiger partial charge < -0.3 is 9.80 Å². The van der Waals surface area contributed by atoms with Gasteiger partial charge in [-0.2, -0.15) is 4.37 Å². The second kappa shape index (κ2) is 10.8. The van der Waals surface area contributed by atoms with Crippen molar-refractivity contribution in [2.75, 3.05) is 37.6 Å². The van der Waals surface area contributed by atoms with Crippen molar-refractivity contribution in [2.45, 2.75) is 51.1 Å². The quantitative estimate of drug-likeness (QED) is 0.353. The van der Waals surface area contributed by atoms with Gasteiger partial charge in [-0.25, -0.2) is 0 Å². The second-order valence-corrected chi connectivity index (χ2v) is 11.3. The Labute approximate surface area is 226 Å². The van der Waals surface area contributed by atoms with Crippen LogP contribution in [-0.4, -0.2) is 70.7 Å². The van der Waals surface area contributed by atoms with Crippen LogP contribution in [0.2, 0.25) is 0 Å². The number of benzene rings is 2. The van der Waals surface area contributed by atoms with E-state index in [1.54, 1.807) is 16.4 Å². The summed E-state index contributed by atoms with van der Waals surface area (Å²) in [6.45, 7) is 5.73. The van der Waals surface area contributed by atoms with E-state index in [-0.39, 0.29) is 24.1 Å². The Morgan fingerprint density at radius 2 is 1.79 bits per heavy atom. The van der Waals surface area contributed by atoms with Gasteiger partial charge in [-0.1, -0.05) is 30.7 Å². The molecule has 38 heavy (non-hydrogen) atoms. The van der Waals surface area contributed by atoms with E-state index in [1.165, 1.54) is 15.6 Å². The van der Waals surface area contributed by atoms with Crippen molar-refractivity contribution in [2.24, 2.45) is 0 Å². The van der Waals surface area contributed by atoms with Crippen LogP contribution in [0.4, 0.5) is 5.82 Å². The normalized spacial score (nSPS) is 20.3. The molecule has 3 aliphatic rings. The molecular weight excluding hydrogens is 498 g/mol. The molecule has 9 heteroatoms. The van der Waals surface area contributed by atoms with Gasteiger partial charge in [-0.05, 0) is 73.1 Å². The van der Waals surface area contributed by atoms with Crippen molar-refractivity contribution in [1.29, 1.82) is 0 Å². The number of aryl methyl sites for hydroxylation is 1. The van der Waals surface area contributed by atoms with Gasteiger partial charge in [0.2, 0.25) is 11.8 Å². The number of carbonyl (C=O) groups is 3. The molecule has 0 spiro atoms. The predicted octanol–water partition coefficient (Wildman–Crippen LogP) is 3.59. The fourth-order valence-electron chi connectivity index (χ4n) is 6.00. The molecule has 1 atom stereocenters. The van der Waals surface area contributed by atoms with E-state index in [9.17, 15) is 14.4 Å². The van der Waals surface area contributed by atoms with Crippen molar-refractivity contribution in [1.82, 2.24) is 19.5 Å². The number of amides is 3. The number of anilines is 1. The molecule has 1 N–H and O–H groups in total. The van der Waals surface area contributed by atoms with E-state index >= 15 is 0 Å². The minimum atomic E-state index is -0.560. The average Bonchev–Trinajstić information content (AvgIpc) is 3.51. The molecule has 8 nitrogen and oxygen atoms in total. The lowest BCUT2D eigenvalue weighted by molar-refractivity contribution is -0.136. The summed E-state index contributed by atoms with van der Waals surface area (Å²) in [6, 6.07) is 13.8. The highest BCUT2D eigenvalue weighted by Gasteiger charge is 2.39. The molecule has 2 saturated heterocycles. The van der Waals surface area contributed by atoms with Gasteiger partial charge in [-0.15, -0.1) is 0 Å². The molecule has 1 unspecified atom stereocenters. The molecular formula is C29H33N5O3S. The standard InChI is InChI=1S/C29H33N5O3S/c35-26-13-12-24(28(36)30-26)34-19-23-20(8-6-10-21(23)29(34)37)7-2-1-5-14-32-15-17-33(18-16-32)27-22-9-3-4-11-25(22)38-31-27/h3-4,6,8-11,24H,1-2,5,7,12-19H2,(H,30,35,36). The third-order valence-corrected chi connectivity index (χ3v) is 8.95. The van der Waals surface area contributed by atoms with Crippen molar-refractivity contribution >= 4 is 45.2 Å². The molecule has 0 bridgehead atoms. The molecule has 3 amide bonds. The van der Waals surface area contributed by atoms with Crippen LogP contribution in [0, 0.1) is 0 Å². The van der Waals surface area contributed by atoms with E-state index in [0.29, 0.717) is 18.5 Å². The maximum atomic E-state index is 13.0.